The smallest absolute Gasteiger partial charge is 0.197 e. The first-order chi connectivity index (χ1) is 12.6. The van der Waals surface area contributed by atoms with E-state index in [1.807, 2.05) is 48.6 Å². The van der Waals surface area contributed by atoms with E-state index in [1.165, 1.54) is 0 Å². The minimum atomic E-state index is -1.04. The number of allylic oxidation sites excluding steroid dienone is 2. The maximum Gasteiger partial charge on any atom is 0.197 e. The number of benzene rings is 1. The van der Waals surface area contributed by atoms with Gasteiger partial charge in [-0.15, -0.1) is 0 Å². The van der Waals surface area contributed by atoms with Crippen molar-refractivity contribution in [1.82, 2.24) is 0 Å². The largest absolute Gasteiger partial charge is 0.394 e. The molecular formula is C20H28O6. The number of rotatable bonds is 11. The standard InChI is InChI=1S/C20H28O6/c1-16(23-14-12-21)25-20(26-17(2)24-15-13-22)10-8-19(9-11-20)18-6-4-3-5-7-18/h3-10,16-17,21-22H,11-15H2,1-2H3. The van der Waals surface area contributed by atoms with E-state index in [-0.39, 0.29) is 26.4 Å². The van der Waals surface area contributed by atoms with Crippen LogP contribution in [0.15, 0.2) is 48.6 Å². The second kappa shape index (κ2) is 10.6. The molecule has 6 heteroatoms. The van der Waals surface area contributed by atoms with Gasteiger partial charge in [-0.1, -0.05) is 42.5 Å². The van der Waals surface area contributed by atoms with Crippen molar-refractivity contribution in [2.24, 2.45) is 0 Å². The van der Waals surface area contributed by atoms with Gasteiger partial charge in [-0.05, 0) is 31.1 Å². The highest BCUT2D eigenvalue weighted by atomic mass is 16.8. The van der Waals surface area contributed by atoms with Gasteiger partial charge < -0.3 is 29.2 Å². The molecule has 1 aliphatic carbocycles. The van der Waals surface area contributed by atoms with Crippen LogP contribution in [-0.4, -0.2) is 55.0 Å². The van der Waals surface area contributed by atoms with Gasteiger partial charge in [0.2, 0.25) is 0 Å². The van der Waals surface area contributed by atoms with Crippen molar-refractivity contribution < 1.29 is 29.2 Å². The molecule has 0 bridgehead atoms. The first-order valence-corrected chi connectivity index (χ1v) is 8.84. The Morgan fingerprint density at radius 3 is 2.00 bits per heavy atom. The summed E-state index contributed by atoms with van der Waals surface area (Å²) in [4.78, 5) is 0. The van der Waals surface area contributed by atoms with Crippen molar-refractivity contribution in [1.29, 1.82) is 0 Å². The molecule has 2 rings (SSSR count). The van der Waals surface area contributed by atoms with Crippen LogP contribution in [0.1, 0.15) is 25.8 Å². The highest BCUT2D eigenvalue weighted by molar-refractivity contribution is 5.75. The first kappa shape index (κ1) is 20.8. The van der Waals surface area contributed by atoms with E-state index in [4.69, 9.17) is 29.2 Å². The zero-order valence-corrected chi connectivity index (χ0v) is 15.3. The van der Waals surface area contributed by atoms with Gasteiger partial charge in [0.15, 0.2) is 18.4 Å². The van der Waals surface area contributed by atoms with Crippen LogP contribution < -0.4 is 0 Å². The van der Waals surface area contributed by atoms with Gasteiger partial charge in [0.25, 0.3) is 0 Å². The van der Waals surface area contributed by atoms with Crippen molar-refractivity contribution >= 4 is 5.57 Å². The van der Waals surface area contributed by atoms with E-state index in [9.17, 15) is 0 Å². The molecule has 2 N–H and O–H groups in total. The molecule has 2 unspecified atom stereocenters. The second-order valence-electron chi connectivity index (χ2n) is 5.93. The predicted octanol–water partition coefficient (Wildman–Crippen LogP) is 2.47. The molecule has 0 aromatic heterocycles. The van der Waals surface area contributed by atoms with Crippen LogP contribution in [-0.2, 0) is 18.9 Å². The van der Waals surface area contributed by atoms with Gasteiger partial charge in [-0.25, -0.2) is 0 Å². The molecular weight excluding hydrogens is 336 g/mol. The Bertz CT molecular complexity index is 567. The highest BCUT2D eigenvalue weighted by Gasteiger charge is 2.35. The number of ether oxygens (including phenoxy) is 4. The lowest BCUT2D eigenvalue weighted by molar-refractivity contribution is -0.325. The molecule has 0 saturated carbocycles. The average molecular weight is 364 g/mol. The lowest BCUT2D eigenvalue weighted by Gasteiger charge is -2.36. The summed E-state index contributed by atoms with van der Waals surface area (Å²) in [5.74, 6) is -1.04. The fourth-order valence-corrected chi connectivity index (χ4v) is 2.72. The van der Waals surface area contributed by atoms with Crippen molar-refractivity contribution in [3.8, 4) is 0 Å². The third kappa shape index (κ3) is 6.32. The Kier molecular flexibility index (Phi) is 8.44. The maximum atomic E-state index is 8.91. The third-order valence-electron chi connectivity index (χ3n) is 3.85. The molecule has 0 radical (unpaired) electrons. The number of aliphatic hydroxyl groups excluding tert-OH is 2. The predicted molar refractivity (Wildman–Crippen MR) is 98.1 cm³/mol. The lowest BCUT2D eigenvalue weighted by Crippen LogP contribution is -2.42. The molecule has 1 aromatic rings. The van der Waals surface area contributed by atoms with E-state index >= 15 is 0 Å². The monoisotopic (exact) mass is 364 g/mol. The number of hydrogen-bond donors (Lipinski definition) is 2. The minimum Gasteiger partial charge on any atom is -0.394 e. The molecule has 0 fully saturated rings. The zero-order chi connectivity index (χ0) is 18.8. The maximum absolute atomic E-state index is 8.91. The summed E-state index contributed by atoms with van der Waals surface area (Å²) in [6.45, 7) is 3.72. The van der Waals surface area contributed by atoms with Crippen LogP contribution >= 0.6 is 0 Å². The molecule has 0 heterocycles. The summed E-state index contributed by atoms with van der Waals surface area (Å²) in [6, 6.07) is 10.1. The van der Waals surface area contributed by atoms with Crippen molar-refractivity contribution in [3.05, 3.63) is 54.1 Å². The summed E-state index contributed by atoms with van der Waals surface area (Å²) in [7, 11) is 0. The molecule has 0 saturated heterocycles. The number of aliphatic hydroxyl groups is 2. The summed E-state index contributed by atoms with van der Waals surface area (Å²) >= 11 is 0. The Balaban J connectivity index is 2.09. The van der Waals surface area contributed by atoms with Crippen LogP contribution in [0.25, 0.3) is 5.57 Å². The van der Waals surface area contributed by atoms with E-state index in [0.29, 0.717) is 6.42 Å². The van der Waals surface area contributed by atoms with Crippen LogP contribution in [0, 0.1) is 0 Å². The van der Waals surface area contributed by atoms with Crippen molar-refractivity contribution in [2.75, 3.05) is 26.4 Å². The van der Waals surface area contributed by atoms with Gasteiger partial charge in [0, 0.05) is 6.42 Å². The molecule has 2 atom stereocenters. The molecule has 1 aromatic carbocycles. The van der Waals surface area contributed by atoms with Gasteiger partial charge in [-0.3, -0.25) is 0 Å². The quantitative estimate of drug-likeness (QED) is 0.588. The highest BCUT2D eigenvalue weighted by Crippen LogP contribution is 2.32. The minimum absolute atomic E-state index is 0.0779. The van der Waals surface area contributed by atoms with E-state index < -0.39 is 18.4 Å². The second-order valence-corrected chi connectivity index (χ2v) is 5.93. The Morgan fingerprint density at radius 2 is 1.54 bits per heavy atom. The first-order valence-electron chi connectivity index (χ1n) is 8.84. The molecule has 0 aliphatic heterocycles. The van der Waals surface area contributed by atoms with Crippen molar-refractivity contribution in [2.45, 2.75) is 38.6 Å². The Labute approximate surface area is 154 Å². The zero-order valence-electron chi connectivity index (χ0n) is 15.3. The molecule has 1 aliphatic rings. The summed E-state index contributed by atoms with van der Waals surface area (Å²) in [6.07, 6.45) is 5.20. The summed E-state index contributed by atoms with van der Waals surface area (Å²) < 4.78 is 22.8. The summed E-state index contributed by atoms with van der Waals surface area (Å²) in [5.41, 5.74) is 2.20. The van der Waals surface area contributed by atoms with Crippen LogP contribution in [0.4, 0.5) is 0 Å². The average Bonchev–Trinajstić information content (AvgIpc) is 2.66. The normalized spacial score (nSPS) is 22.1. The van der Waals surface area contributed by atoms with Gasteiger partial charge >= 0.3 is 0 Å². The van der Waals surface area contributed by atoms with Gasteiger partial charge in [-0.2, -0.15) is 0 Å². The van der Waals surface area contributed by atoms with Crippen LogP contribution in [0.3, 0.4) is 0 Å². The molecule has 0 amide bonds. The SMILES string of the molecule is CC(OCCO)OC1(OC(C)OCCO)C=CC(c2ccccc2)=CC1. The molecule has 0 spiro atoms. The third-order valence-corrected chi connectivity index (χ3v) is 3.85. The van der Waals surface area contributed by atoms with E-state index in [0.717, 1.165) is 11.1 Å². The van der Waals surface area contributed by atoms with Crippen LogP contribution in [0.2, 0.25) is 0 Å². The topological polar surface area (TPSA) is 77.4 Å². The Hall–Kier alpha value is -1.54. The number of hydrogen-bond acceptors (Lipinski definition) is 6. The molecule has 6 nitrogen and oxygen atoms in total. The van der Waals surface area contributed by atoms with Gasteiger partial charge in [0.05, 0.1) is 26.4 Å². The fraction of sp³-hybridized carbons (Fsp3) is 0.500. The van der Waals surface area contributed by atoms with E-state index in [1.54, 1.807) is 13.8 Å². The summed E-state index contributed by atoms with van der Waals surface area (Å²) in [5, 5.41) is 17.8. The van der Waals surface area contributed by atoms with Gasteiger partial charge in [0.1, 0.15) is 0 Å². The molecule has 144 valence electrons. The van der Waals surface area contributed by atoms with E-state index in [2.05, 4.69) is 0 Å². The lowest BCUT2D eigenvalue weighted by atomic mass is 9.96. The molecule has 26 heavy (non-hydrogen) atoms. The van der Waals surface area contributed by atoms with Crippen molar-refractivity contribution in [3.63, 3.8) is 0 Å². The fourth-order valence-electron chi connectivity index (χ4n) is 2.72. The Morgan fingerprint density at radius 1 is 0.962 bits per heavy atom. The van der Waals surface area contributed by atoms with Crippen LogP contribution in [0.5, 0.6) is 0 Å².